The molecule has 0 fully saturated rings. The minimum atomic E-state index is -0.292. The summed E-state index contributed by atoms with van der Waals surface area (Å²) < 4.78 is 20.6. The Bertz CT molecular complexity index is 520. The zero-order valence-corrected chi connectivity index (χ0v) is 10.1. The molecule has 0 aliphatic rings. The Labute approximate surface area is 99.8 Å². The zero-order chi connectivity index (χ0) is 12.4. The summed E-state index contributed by atoms with van der Waals surface area (Å²) in [6.45, 7) is 4.05. The van der Waals surface area contributed by atoms with Gasteiger partial charge in [-0.25, -0.2) is 4.39 Å². The predicted octanol–water partition coefficient (Wildman–Crippen LogP) is 3.28. The highest BCUT2D eigenvalue weighted by Crippen LogP contribution is 2.26. The van der Waals surface area contributed by atoms with Crippen molar-refractivity contribution < 1.29 is 9.13 Å². The SMILES string of the molecule is COc1ccc(F)c(-c2ccn(C(C)C)n2)c1. The number of methoxy groups -OCH3 is 1. The second kappa shape index (κ2) is 4.57. The fraction of sp³-hybridized carbons (Fsp3) is 0.308. The standard InChI is InChI=1S/C13H15FN2O/c1-9(2)16-7-6-13(15-16)11-8-10(17-3)4-5-12(11)14/h4-9H,1-3H3. The maximum atomic E-state index is 13.7. The number of halogens is 1. The molecule has 2 rings (SSSR count). The van der Waals surface area contributed by atoms with Crippen LogP contribution >= 0.6 is 0 Å². The molecular formula is C13H15FN2O. The third-order valence-corrected chi connectivity index (χ3v) is 2.59. The molecule has 0 aliphatic carbocycles. The van der Waals surface area contributed by atoms with Gasteiger partial charge in [0.25, 0.3) is 0 Å². The topological polar surface area (TPSA) is 27.1 Å². The first-order valence-electron chi connectivity index (χ1n) is 5.51. The van der Waals surface area contributed by atoms with Gasteiger partial charge in [0.05, 0.1) is 12.8 Å². The molecule has 3 nitrogen and oxygen atoms in total. The van der Waals surface area contributed by atoms with Gasteiger partial charge in [-0.3, -0.25) is 4.68 Å². The van der Waals surface area contributed by atoms with Crippen LogP contribution in [0.25, 0.3) is 11.3 Å². The summed E-state index contributed by atoms with van der Waals surface area (Å²) in [6, 6.07) is 6.71. The molecule has 0 N–H and O–H groups in total. The predicted molar refractivity (Wildman–Crippen MR) is 64.6 cm³/mol. The average Bonchev–Trinajstić information content (AvgIpc) is 2.79. The minimum absolute atomic E-state index is 0.261. The van der Waals surface area contributed by atoms with Crippen LogP contribution in [0.1, 0.15) is 19.9 Å². The first-order chi connectivity index (χ1) is 8.11. The van der Waals surface area contributed by atoms with Gasteiger partial charge >= 0.3 is 0 Å². The van der Waals surface area contributed by atoms with Crippen LogP contribution in [0, 0.1) is 5.82 Å². The number of nitrogens with zero attached hydrogens (tertiary/aromatic N) is 2. The van der Waals surface area contributed by atoms with Crippen LogP contribution in [0.4, 0.5) is 4.39 Å². The molecule has 0 aliphatic heterocycles. The summed E-state index contributed by atoms with van der Waals surface area (Å²) >= 11 is 0. The molecule has 0 atom stereocenters. The van der Waals surface area contributed by atoms with Gasteiger partial charge in [-0.15, -0.1) is 0 Å². The van der Waals surface area contributed by atoms with E-state index in [9.17, 15) is 4.39 Å². The Balaban J connectivity index is 2.44. The minimum Gasteiger partial charge on any atom is -0.497 e. The van der Waals surface area contributed by atoms with Crippen molar-refractivity contribution in [1.82, 2.24) is 9.78 Å². The number of rotatable bonds is 3. The fourth-order valence-electron chi connectivity index (χ4n) is 1.60. The zero-order valence-electron chi connectivity index (χ0n) is 10.1. The van der Waals surface area contributed by atoms with Crippen LogP contribution in [0.2, 0.25) is 0 Å². The van der Waals surface area contributed by atoms with Crippen LogP contribution in [-0.4, -0.2) is 16.9 Å². The van der Waals surface area contributed by atoms with Gasteiger partial charge in [0.15, 0.2) is 0 Å². The Morgan fingerprint density at radius 1 is 1.29 bits per heavy atom. The van der Waals surface area contributed by atoms with E-state index < -0.39 is 0 Å². The number of benzene rings is 1. The molecule has 90 valence electrons. The summed E-state index contributed by atoms with van der Waals surface area (Å²) in [5.41, 5.74) is 1.08. The van der Waals surface area contributed by atoms with Gasteiger partial charge < -0.3 is 4.74 Å². The molecule has 0 unspecified atom stereocenters. The first kappa shape index (κ1) is 11.6. The molecule has 0 saturated heterocycles. The lowest BCUT2D eigenvalue weighted by atomic mass is 10.1. The van der Waals surface area contributed by atoms with E-state index in [2.05, 4.69) is 5.10 Å². The maximum Gasteiger partial charge on any atom is 0.132 e. The van der Waals surface area contributed by atoms with E-state index in [0.717, 1.165) is 0 Å². The van der Waals surface area contributed by atoms with Gasteiger partial charge in [-0.05, 0) is 38.1 Å². The van der Waals surface area contributed by atoms with E-state index in [-0.39, 0.29) is 11.9 Å². The van der Waals surface area contributed by atoms with E-state index in [4.69, 9.17) is 4.74 Å². The van der Waals surface area contributed by atoms with Gasteiger partial charge in [-0.1, -0.05) is 0 Å². The van der Waals surface area contributed by atoms with Crippen LogP contribution in [0.5, 0.6) is 5.75 Å². The molecule has 1 heterocycles. The number of hydrogen-bond donors (Lipinski definition) is 0. The number of aromatic nitrogens is 2. The monoisotopic (exact) mass is 234 g/mol. The Kier molecular flexibility index (Phi) is 3.13. The largest absolute Gasteiger partial charge is 0.497 e. The van der Waals surface area contributed by atoms with Crippen LogP contribution < -0.4 is 4.74 Å². The van der Waals surface area contributed by atoms with E-state index in [0.29, 0.717) is 17.0 Å². The van der Waals surface area contributed by atoms with Gasteiger partial charge in [0, 0.05) is 17.8 Å². The van der Waals surface area contributed by atoms with Gasteiger partial charge in [-0.2, -0.15) is 5.10 Å². The molecule has 4 heteroatoms. The van der Waals surface area contributed by atoms with Crippen molar-refractivity contribution in [3.8, 4) is 17.0 Å². The lowest BCUT2D eigenvalue weighted by Gasteiger charge is -2.05. The third kappa shape index (κ3) is 2.30. The molecule has 2 aromatic rings. The number of hydrogen-bond acceptors (Lipinski definition) is 2. The lowest BCUT2D eigenvalue weighted by Crippen LogP contribution is -2.01. The average molecular weight is 234 g/mol. The molecule has 0 spiro atoms. The summed E-state index contributed by atoms with van der Waals surface area (Å²) in [4.78, 5) is 0. The lowest BCUT2D eigenvalue weighted by molar-refractivity contribution is 0.414. The maximum absolute atomic E-state index is 13.7. The third-order valence-electron chi connectivity index (χ3n) is 2.59. The van der Waals surface area contributed by atoms with Crippen molar-refractivity contribution in [2.75, 3.05) is 7.11 Å². The van der Waals surface area contributed by atoms with Crippen molar-refractivity contribution in [2.45, 2.75) is 19.9 Å². The first-order valence-corrected chi connectivity index (χ1v) is 5.51. The molecule has 17 heavy (non-hydrogen) atoms. The summed E-state index contributed by atoms with van der Waals surface area (Å²) in [5, 5.41) is 4.34. The molecule has 0 saturated carbocycles. The second-order valence-electron chi connectivity index (χ2n) is 4.12. The molecule has 0 radical (unpaired) electrons. The van der Waals surface area contributed by atoms with Gasteiger partial charge in [0.1, 0.15) is 11.6 Å². The molecule has 0 amide bonds. The fourth-order valence-corrected chi connectivity index (χ4v) is 1.60. The highest BCUT2D eigenvalue weighted by atomic mass is 19.1. The summed E-state index contributed by atoms with van der Waals surface area (Å²) in [7, 11) is 1.56. The van der Waals surface area contributed by atoms with E-state index in [1.54, 1.807) is 30.0 Å². The Morgan fingerprint density at radius 2 is 2.06 bits per heavy atom. The van der Waals surface area contributed by atoms with Crippen molar-refractivity contribution in [1.29, 1.82) is 0 Å². The second-order valence-corrected chi connectivity index (χ2v) is 4.12. The van der Waals surface area contributed by atoms with Crippen LogP contribution in [-0.2, 0) is 0 Å². The summed E-state index contributed by atoms with van der Waals surface area (Å²) in [6.07, 6.45) is 1.85. The molecule has 1 aromatic heterocycles. The quantitative estimate of drug-likeness (QED) is 0.814. The highest BCUT2D eigenvalue weighted by Gasteiger charge is 2.10. The number of ether oxygens (including phenoxy) is 1. The Morgan fingerprint density at radius 3 is 2.65 bits per heavy atom. The van der Waals surface area contributed by atoms with Crippen LogP contribution in [0.15, 0.2) is 30.5 Å². The molecule has 1 aromatic carbocycles. The summed E-state index contributed by atoms with van der Waals surface area (Å²) in [5.74, 6) is 0.334. The van der Waals surface area contributed by atoms with E-state index in [1.165, 1.54) is 6.07 Å². The van der Waals surface area contributed by atoms with E-state index >= 15 is 0 Å². The van der Waals surface area contributed by atoms with Gasteiger partial charge in [0.2, 0.25) is 0 Å². The molecular weight excluding hydrogens is 219 g/mol. The van der Waals surface area contributed by atoms with Crippen molar-refractivity contribution in [3.63, 3.8) is 0 Å². The smallest absolute Gasteiger partial charge is 0.132 e. The molecule has 0 bridgehead atoms. The highest BCUT2D eigenvalue weighted by molar-refractivity contribution is 5.61. The van der Waals surface area contributed by atoms with Crippen molar-refractivity contribution >= 4 is 0 Å². The van der Waals surface area contributed by atoms with Crippen molar-refractivity contribution in [2.24, 2.45) is 0 Å². The van der Waals surface area contributed by atoms with E-state index in [1.807, 2.05) is 20.0 Å². The van der Waals surface area contributed by atoms with Crippen molar-refractivity contribution in [3.05, 3.63) is 36.3 Å². The van der Waals surface area contributed by atoms with Crippen LogP contribution in [0.3, 0.4) is 0 Å². The Hall–Kier alpha value is -1.84. The normalized spacial score (nSPS) is 10.9.